The zero-order chi connectivity index (χ0) is 30.2. The highest BCUT2D eigenvalue weighted by molar-refractivity contribution is 6.14. The van der Waals surface area contributed by atoms with Crippen molar-refractivity contribution in [2.45, 2.75) is 6.92 Å². The van der Waals surface area contributed by atoms with Gasteiger partial charge in [-0.15, -0.1) is 0 Å². The number of hydrogen-bond acceptors (Lipinski definition) is 3. The van der Waals surface area contributed by atoms with E-state index in [1.807, 2.05) is 48.7 Å². The van der Waals surface area contributed by atoms with Crippen molar-refractivity contribution in [1.82, 2.24) is 15.0 Å². The third-order valence-corrected chi connectivity index (χ3v) is 8.45. The van der Waals surface area contributed by atoms with Crippen LogP contribution in [0, 0.1) is 6.92 Å². The second kappa shape index (κ2) is 11.3. The topological polar surface area (TPSA) is 38.7 Å². The summed E-state index contributed by atoms with van der Waals surface area (Å²) in [6.45, 7) is 2.06. The standard InChI is InChI=1S/C42H29N3/c1-28-35(21-12-22-43-28)32-23-33(39-26-31-17-8-9-18-36(31)37-19-10-11-20-38(37)39)25-34(24-32)42-44-40(29-13-4-2-5-14-29)27-41(45-42)30-15-6-3-7-16-30/h2-27H,1H3. The molecule has 0 aliphatic rings. The number of rotatable bonds is 5. The molecule has 0 atom stereocenters. The van der Waals surface area contributed by atoms with E-state index in [4.69, 9.17) is 9.97 Å². The van der Waals surface area contributed by atoms with E-state index in [1.165, 1.54) is 27.1 Å². The van der Waals surface area contributed by atoms with E-state index in [0.29, 0.717) is 5.82 Å². The maximum absolute atomic E-state index is 5.18. The Bertz CT molecular complexity index is 2270. The van der Waals surface area contributed by atoms with Crippen molar-refractivity contribution in [2.75, 3.05) is 0 Å². The average molecular weight is 576 g/mol. The van der Waals surface area contributed by atoms with Gasteiger partial charge in [-0.3, -0.25) is 4.98 Å². The van der Waals surface area contributed by atoms with E-state index in [2.05, 4.69) is 121 Å². The van der Waals surface area contributed by atoms with Gasteiger partial charge in [0.25, 0.3) is 0 Å². The monoisotopic (exact) mass is 575 g/mol. The molecule has 0 radical (unpaired) electrons. The lowest BCUT2D eigenvalue weighted by Gasteiger charge is -2.15. The number of benzene rings is 6. The molecule has 3 heteroatoms. The van der Waals surface area contributed by atoms with Gasteiger partial charge in [0, 0.05) is 34.1 Å². The molecule has 0 bridgehead atoms. The van der Waals surface area contributed by atoms with Crippen LogP contribution in [0.15, 0.2) is 158 Å². The predicted molar refractivity (Wildman–Crippen MR) is 187 cm³/mol. The lowest BCUT2D eigenvalue weighted by molar-refractivity contribution is 1.18. The van der Waals surface area contributed by atoms with Gasteiger partial charge in [0.2, 0.25) is 0 Å². The van der Waals surface area contributed by atoms with E-state index in [9.17, 15) is 0 Å². The summed E-state index contributed by atoms with van der Waals surface area (Å²) in [5, 5.41) is 4.92. The molecule has 3 nitrogen and oxygen atoms in total. The molecule has 0 aliphatic carbocycles. The van der Waals surface area contributed by atoms with Crippen LogP contribution in [-0.4, -0.2) is 15.0 Å². The number of aryl methyl sites for hydroxylation is 1. The van der Waals surface area contributed by atoms with Crippen LogP contribution in [0.4, 0.5) is 0 Å². The Hall–Kier alpha value is -5.93. The van der Waals surface area contributed by atoms with Crippen molar-refractivity contribution in [3.8, 4) is 56.2 Å². The maximum Gasteiger partial charge on any atom is 0.160 e. The van der Waals surface area contributed by atoms with Crippen molar-refractivity contribution in [3.05, 3.63) is 164 Å². The summed E-state index contributed by atoms with van der Waals surface area (Å²) in [5.41, 5.74) is 10.3. The summed E-state index contributed by atoms with van der Waals surface area (Å²) in [7, 11) is 0. The first kappa shape index (κ1) is 26.7. The predicted octanol–water partition coefficient (Wildman–Crippen LogP) is 10.8. The van der Waals surface area contributed by atoms with Gasteiger partial charge in [-0.05, 0) is 81.6 Å². The molecule has 8 rings (SSSR count). The molecule has 0 N–H and O–H groups in total. The van der Waals surface area contributed by atoms with Crippen LogP contribution in [0.25, 0.3) is 77.7 Å². The third-order valence-electron chi connectivity index (χ3n) is 8.45. The Morgan fingerprint density at radius 2 is 0.956 bits per heavy atom. The van der Waals surface area contributed by atoms with Crippen molar-refractivity contribution in [3.63, 3.8) is 0 Å². The van der Waals surface area contributed by atoms with Gasteiger partial charge in [-0.2, -0.15) is 0 Å². The van der Waals surface area contributed by atoms with Crippen LogP contribution in [-0.2, 0) is 0 Å². The molecule has 2 heterocycles. The first-order chi connectivity index (χ1) is 22.2. The van der Waals surface area contributed by atoms with Gasteiger partial charge in [-0.1, -0.05) is 115 Å². The van der Waals surface area contributed by atoms with Gasteiger partial charge < -0.3 is 0 Å². The maximum atomic E-state index is 5.18. The molecule has 6 aromatic carbocycles. The van der Waals surface area contributed by atoms with Crippen molar-refractivity contribution in [1.29, 1.82) is 0 Å². The number of fused-ring (bicyclic) bond motifs is 3. The molecule has 212 valence electrons. The smallest absolute Gasteiger partial charge is 0.160 e. The minimum atomic E-state index is 0.685. The quantitative estimate of drug-likeness (QED) is 0.192. The summed E-state index contributed by atoms with van der Waals surface area (Å²) >= 11 is 0. The highest BCUT2D eigenvalue weighted by Gasteiger charge is 2.16. The highest BCUT2D eigenvalue weighted by Crippen LogP contribution is 2.39. The largest absolute Gasteiger partial charge is 0.261 e. The molecule has 0 amide bonds. The molecule has 0 unspecified atom stereocenters. The average Bonchev–Trinajstić information content (AvgIpc) is 3.12. The van der Waals surface area contributed by atoms with Crippen LogP contribution >= 0.6 is 0 Å². The van der Waals surface area contributed by atoms with E-state index in [0.717, 1.165) is 50.5 Å². The van der Waals surface area contributed by atoms with Crippen molar-refractivity contribution < 1.29 is 0 Å². The van der Waals surface area contributed by atoms with Crippen molar-refractivity contribution >= 4 is 21.5 Å². The van der Waals surface area contributed by atoms with Gasteiger partial charge >= 0.3 is 0 Å². The van der Waals surface area contributed by atoms with E-state index in [-0.39, 0.29) is 0 Å². The minimum absolute atomic E-state index is 0.685. The molecular formula is C42H29N3. The lowest BCUT2D eigenvalue weighted by atomic mass is 9.90. The number of aromatic nitrogens is 3. The number of hydrogen-bond donors (Lipinski definition) is 0. The van der Waals surface area contributed by atoms with Crippen LogP contribution in [0.5, 0.6) is 0 Å². The minimum Gasteiger partial charge on any atom is -0.261 e. The summed E-state index contributed by atoms with van der Waals surface area (Å²) < 4.78 is 0. The summed E-state index contributed by atoms with van der Waals surface area (Å²) in [6, 6.07) is 53.2. The summed E-state index contributed by atoms with van der Waals surface area (Å²) in [5.74, 6) is 0.685. The lowest BCUT2D eigenvalue weighted by Crippen LogP contribution is -1.97. The second-order valence-electron chi connectivity index (χ2n) is 11.3. The molecule has 45 heavy (non-hydrogen) atoms. The molecule has 2 aromatic heterocycles. The Morgan fingerprint density at radius 3 is 1.62 bits per heavy atom. The van der Waals surface area contributed by atoms with Gasteiger partial charge in [0.05, 0.1) is 11.4 Å². The molecule has 0 saturated heterocycles. The number of pyridine rings is 1. The zero-order valence-electron chi connectivity index (χ0n) is 24.9. The van der Waals surface area contributed by atoms with Gasteiger partial charge in [0.1, 0.15) is 0 Å². The second-order valence-corrected chi connectivity index (χ2v) is 11.3. The molecular weight excluding hydrogens is 546 g/mol. The molecule has 0 fully saturated rings. The number of nitrogens with zero attached hydrogens (tertiary/aromatic N) is 3. The first-order valence-electron chi connectivity index (χ1n) is 15.2. The van der Waals surface area contributed by atoms with Crippen molar-refractivity contribution in [2.24, 2.45) is 0 Å². The van der Waals surface area contributed by atoms with Gasteiger partial charge in [0.15, 0.2) is 5.82 Å². The van der Waals surface area contributed by atoms with Crippen LogP contribution in [0.1, 0.15) is 5.69 Å². The van der Waals surface area contributed by atoms with Crippen LogP contribution < -0.4 is 0 Å². The fourth-order valence-corrected chi connectivity index (χ4v) is 6.24. The van der Waals surface area contributed by atoms with Crippen LogP contribution in [0.2, 0.25) is 0 Å². The fourth-order valence-electron chi connectivity index (χ4n) is 6.24. The normalized spacial score (nSPS) is 11.2. The Balaban J connectivity index is 1.42. The highest BCUT2D eigenvalue weighted by atomic mass is 14.9. The molecule has 0 aliphatic heterocycles. The first-order valence-corrected chi connectivity index (χ1v) is 15.2. The van der Waals surface area contributed by atoms with E-state index >= 15 is 0 Å². The third kappa shape index (κ3) is 5.05. The van der Waals surface area contributed by atoms with Gasteiger partial charge in [-0.25, -0.2) is 9.97 Å². The van der Waals surface area contributed by atoms with E-state index in [1.54, 1.807) is 0 Å². The SMILES string of the molecule is Cc1ncccc1-c1cc(-c2nc(-c3ccccc3)cc(-c3ccccc3)n2)cc(-c2cc3ccccc3c3ccccc23)c1. The zero-order valence-corrected chi connectivity index (χ0v) is 24.9. The molecule has 8 aromatic rings. The Labute approximate surface area is 262 Å². The molecule has 0 spiro atoms. The Morgan fingerprint density at radius 1 is 0.400 bits per heavy atom. The molecule has 0 saturated carbocycles. The fraction of sp³-hybridized carbons (Fsp3) is 0.0238. The van der Waals surface area contributed by atoms with Crippen LogP contribution in [0.3, 0.4) is 0 Å². The summed E-state index contributed by atoms with van der Waals surface area (Å²) in [6.07, 6.45) is 1.85. The summed E-state index contributed by atoms with van der Waals surface area (Å²) in [4.78, 5) is 15.0. The van der Waals surface area contributed by atoms with E-state index < -0.39 is 0 Å². The Kier molecular flexibility index (Phi) is 6.69.